The van der Waals surface area contributed by atoms with Gasteiger partial charge in [0.25, 0.3) is 0 Å². The molecule has 1 atom stereocenters. The van der Waals surface area contributed by atoms with Gasteiger partial charge in [0, 0.05) is 6.04 Å². The molecule has 2 N–H and O–H groups in total. The summed E-state index contributed by atoms with van der Waals surface area (Å²) in [6.45, 7) is 2.13. The minimum Gasteiger partial charge on any atom is -0.324 e. The predicted molar refractivity (Wildman–Crippen MR) is 55.8 cm³/mol. The normalized spacial score (nSPS) is 19.1. The van der Waals surface area contributed by atoms with Crippen molar-refractivity contribution in [2.24, 2.45) is 5.73 Å². The van der Waals surface area contributed by atoms with E-state index in [1.807, 2.05) is 12.1 Å². The number of nitrogens with zero attached hydrogens (tertiary/aromatic N) is 1. The summed E-state index contributed by atoms with van der Waals surface area (Å²) in [5.41, 5.74) is 10.6. The Kier molecular flexibility index (Phi) is 2.26. The molecule has 1 aromatic carbocycles. The minimum absolute atomic E-state index is 0.147. The van der Waals surface area contributed by atoms with E-state index in [0.717, 1.165) is 24.8 Å². The van der Waals surface area contributed by atoms with E-state index in [1.165, 1.54) is 16.7 Å². The first-order chi connectivity index (χ1) is 6.77. The van der Waals surface area contributed by atoms with Gasteiger partial charge in [0.1, 0.15) is 0 Å². The topological polar surface area (TPSA) is 49.8 Å². The highest BCUT2D eigenvalue weighted by Crippen LogP contribution is 2.34. The zero-order valence-corrected chi connectivity index (χ0v) is 8.38. The maximum absolute atomic E-state index is 8.96. The molecule has 0 saturated heterocycles. The highest BCUT2D eigenvalue weighted by Gasteiger charge is 2.24. The Hall–Kier alpha value is -1.33. The molecule has 0 radical (unpaired) electrons. The fraction of sp³-hybridized carbons (Fsp3) is 0.417. The summed E-state index contributed by atoms with van der Waals surface area (Å²) in [5, 5.41) is 8.96. The first-order valence-electron chi connectivity index (χ1n) is 5.08. The first-order valence-corrected chi connectivity index (χ1v) is 5.08. The molecule has 0 aliphatic heterocycles. The van der Waals surface area contributed by atoms with E-state index in [0.29, 0.717) is 0 Å². The number of aryl methyl sites for hydroxylation is 1. The smallest absolute Gasteiger partial charge is 0.0994 e. The maximum atomic E-state index is 8.96. The molecule has 2 nitrogen and oxygen atoms in total. The molecule has 14 heavy (non-hydrogen) atoms. The summed E-state index contributed by atoms with van der Waals surface area (Å²) in [6, 6.07) is 6.36. The van der Waals surface area contributed by atoms with Gasteiger partial charge < -0.3 is 5.73 Å². The Balaban J connectivity index is 2.64. The van der Waals surface area contributed by atoms with Crippen LogP contribution in [-0.4, -0.2) is 0 Å². The molecule has 0 aromatic heterocycles. The molecule has 0 saturated carbocycles. The van der Waals surface area contributed by atoms with Crippen LogP contribution in [0, 0.1) is 11.3 Å². The van der Waals surface area contributed by atoms with Gasteiger partial charge >= 0.3 is 0 Å². The van der Waals surface area contributed by atoms with Crippen LogP contribution in [0.2, 0.25) is 0 Å². The molecule has 1 aromatic rings. The summed E-state index contributed by atoms with van der Waals surface area (Å²) in [6.07, 6.45) is 2.95. The lowest BCUT2D eigenvalue weighted by Gasteiger charge is -2.11. The lowest BCUT2D eigenvalue weighted by molar-refractivity contribution is 0.707. The van der Waals surface area contributed by atoms with Crippen molar-refractivity contribution < 1.29 is 0 Å². The predicted octanol–water partition coefficient (Wildman–Crippen LogP) is 2.07. The van der Waals surface area contributed by atoms with E-state index in [4.69, 9.17) is 11.0 Å². The van der Waals surface area contributed by atoms with Crippen molar-refractivity contribution in [2.45, 2.75) is 32.2 Å². The summed E-state index contributed by atoms with van der Waals surface area (Å²) in [5.74, 6) is 0. The Morgan fingerprint density at radius 2 is 2.36 bits per heavy atom. The Morgan fingerprint density at radius 3 is 3.00 bits per heavy atom. The van der Waals surface area contributed by atoms with Crippen LogP contribution in [0.1, 0.15) is 41.6 Å². The van der Waals surface area contributed by atoms with Crippen molar-refractivity contribution >= 4 is 0 Å². The third-order valence-electron chi connectivity index (χ3n) is 3.02. The van der Waals surface area contributed by atoms with Crippen molar-refractivity contribution in [1.82, 2.24) is 0 Å². The lowest BCUT2D eigenvalue weighted by Crippen LogP contribution is -2.08. The molecule has 72 valence electrons. The van der Waals surface area contributed by atoms with Crippen LogP contribution in [0.4, 0.5) is 0 Å². The molecule has 1 aliphatic carbocycles. The van der Waals surface area contributed by atoms with E-state index in [2.05, 4.69) is 13.0 Å². The molecule has 0 heterocycles. The molecule has 0 bridgehead atoms. The van der Waals surface area contributed by atoms with E-state index in [-0.39, 0.29) is 6.04 Å². The summed E-state index contributed by atoms with van der Waals surface area (Å²) >= 11 is 0. The fourth-order valence-corrected chi connectivity index (χ4v) is 2.30. The standard InChI is InChI=1S/C12H14N2/c1-2-8-3-4-9(7-13)10-5-6-11(14)12(8)10/h3-4,11H,2,5-6,14H2,1H3/t11-/m0/s1. The highest BCUT2D eigenvalue weighted by atomic mass is 14.6. The molecule has 2 heteroatoms. The van der Waals surface area contributed by atoms with Crippen LogP contribution >= 0.6 is 0 Å². The fourth-order valence-electron chi connectivity index (χ4n) is 2.30. The molecule has 1 aliphatic rings. The van der Waals surface area contributed by atoms with Gasteiger partial charge in [-0.25, -0.2) is 0 Å². The van der Waals surface area contributed by atoms with Crippen molar-refractivity contribution in [1.29, 1.82) is 5.26 Å². The van der Waals surface area contributed by atoms with Gasteiger partial charge in [-0.2, -0.15) is 5.26 Å². The van der Waals surface area contributed by atoms with Gasteiger partial charge in [-0.15, -0.1) is 0 Å². The number of rotatable bonds is 1. The third-order valence-corrected chi connectivity index (χ3v) is 3.02. The molecule has 0 amide bonds. The monoisotopic (exact) mass is 186 g/mol. The molecule has 2 rings (SSSR count). The highest BCUT2D eigenvalue weighted by molar-refractivity contribution is 5.50. The second kappa shape index (κ2) is 3.43. The molecule has 0 unspecified atom stereocenters. The summed E-state index contributed by atoms with van der Waals surface area (Å²) in [4.78, 5) is 0. The molecular formula is C12H14N2. The van der Waals surface area contributed by atoms with Crippen LogP contribution in [0.3, 0.4) is 0 Å². The molecular weight excluding hydrogens is 172 g/mol. The number of nitrogens with two attached hydrogens (primary N) is 1. The van der Waals surface area contributed by atoms with Crippen molar-refractivity contribution in [3.05, 3.63) is 34.4 Å². The zero-order valence-electron chi connectivity index (χ0n) is 8.38. The average Bonchev–Trinajstić information content (AvgIpc) is 2.60. The lowest BCUT2D eigenvalue weighted by atomic mass is 9.96. The molecule has 0 fully saturated rings. The Morgan fingerprint density at radius 1 is 1.57 bits per heavy atom. The largest absolute Gasteiger partial charge is 0.324 e. The van der Waals surface area contributed by atoms with Crippen LogP contribution in [-0.2, 0) is 12.8 Å². The van der Waals surface area contributed by atoms with Gasteiger partial charge in [0.2, 0.25) is 0 Å². The number of hydrogen-bond acceptors (Lipinski definition) is 2. The van der Waals surface area contributed by atoms with Crippen molar-refractivity contribution in [3.8, 4) is 6.07 Å². The van der Waals surface area contributed by atoms with Gasteiger partial charge in [0.05, 0.1) is 11.6 Å². The summed E-state index contributed by atoms with van der Waals surface area (Å²) < 4.78 is 0. The van der Waals surface area contributed by atoms with Crippen molar-refractivity contribution in [2.75, 3.05) is 0 Å². The quantitative estimate of drug-likeness (QED) is 0.729. The van der Waals surface area contributed by atoms with Gasteiger partial charge in [-0.3, -0.25) is 0 Å². The average molecular weight is 186 g/mol. The van der Waals surface area contributed by atoms with E-state index < -0.39 is 0 Å². The van der Waals surface area contributed by atoms with Crippen LogP contribution < -0.4 is 5.73 Å². The number of nitriles is 1. The van der Waals surface area contributed by atoms with Gasteiger partial charge in [-0.05, 0) is 42.0 Å². The van der Waals surface area contributed by atoms with Gasteiger partial charge in [0.15, 0.2) is 0 Å². The summed E-state index contributed by atoms with van der Waals surface area (Å²) in [7, 11) is 0. The zero-order chi connectivity index (χ0) is 10.1. The van der Waals surface area contributed by atoms with E-state index in [9.17, 15) is 0 Å². The second-order valence-corrected chi connectivity index (χ2v) is 3.78. The third kappa shape index (κ3) is 1.21. The second-order valence-electron chi connectivity index (χ2n) is 3.78. The van der Waals surface area contributed by atoms with Crippen LogP contribution in [0.15, 0.2) is 12.1 Å². The number of fused-ring (bicyclic) bond motifs is 1. The SMILES string of the molecule is CCc1ccc(C#N)c2c1[C@@H](N)CC2. The number of benzene rings is 1. The minimum atomic E-state index is 0.147. The Bertz CT molecular complexity index is 402. The first kappa shape index (κ1) is 9.23. The van der Waals surface area contributed by atoms with Gasteiger partial charge in [-0.1, -0.05) is 13.0 Å². The number of hydrogen-bond donors (Lipinski definition) is 1. The maximum Gasteiger partial charge on any atom is 0.0994 e. The van der Waals surface area contributed by atoms with E-state index >= 15 is 0 Å². The van der Waals surface area contributed by atoms with Crippen molar-refractivity contribution in [3.63, 3.8) is 0 Å². The molecule has 0 spiro atoms. The van der Waals surface area contributed by atoms with E-state index in [1.54, 1.807) is 0 Å². The Labute approximate surface area is 84.3 Å². The van der Waals surface area contributed by atoms with Crippen LogP contribution in [0.5, 0.6) is 0 Å². The van der Waals surface area contributed by atoms with Crippen LogP contribution in [0.25, 0.3) is 0 Å².